The summed E-state index contributed by atoms with van der Waals surface area (Å²) in [5.41, 5.74) is 1.32. The number of hydrogen-bond acceptors (Lipinski definition) is 2. The molecule has 6 heteroatoms. The molecule has 3 atom stereocenters. The first kappa shape index (κ1) is 24.8. The van der Waals surface area contributed by atoms with Gasteiger partial charge in [-0.3, -0.25) is 9.36 Å². The van der Waals surface area contributed by atoms with Gasteiger partial charge in [-0.25, -0.2) is 5.09 Å². The molecule has 150 valence electrons. The average molecular weight is 385 g/mol. The van der Waals surface area contributed by atoms with Crippen LogP contribution in [0.2, 0.25) is 0 Å². The predicted octanol–water partition coefficient (Wildman–Crippen LogP) is 4.21. The Morgan fingerprint density at radius 1 is 1.12 bits per heavy atom. The van der Waals surface area contributed by atoms with Crippen LogP contribution in [0.3, 0.4) is 0 Å². The highest BCUT2D eigenvalue weighted by molar-refractivity contribution is 7.55. The molecule has 0 aliphatic carbocycles. The summed E-state index contributed by atoms with van der Waals surface area (Å²) in [7, 11) is -3.41. The van der Waals surface area contributed by atoms with E-state index in [1.807, 2.05) is 32.0 Å². The Hall–Kier alpha value is -1.16. The van der Waals surface area contributed by atoms with E-state index in [2.05, 4.69) is 50.2 Å². The Morgan fingerprint density at radius 2 is 1.65 bits per heavy atom. The van der Waals surface area contributed by atoms with Crippen molar-refractivity contribution in [1.82, 2.24) is 10.4 Å². The molecule has 1 aromatic rings. The van der Waals surface area contributed by atoms with Crippen LogP contribution in [-0.2, 0) is 9.36 Å². The standard InChI is InChI=1S/C13H29N2O3P.C7H8/c1-9(2)7-12(15-19(6,17)18)13(16)14-8-11(5)10(3)4;1-7-5-3-2-4-6-7/h9-12H,7-8H2,1-6H3,(H,14,16)(H2,15,17,18);2-6H,1H3/t11-,12+;/m1./s1. The lowest BCUT2D eigenvalue weighted by atomic mass is 9.98. The van der Waals surface area contributed by atoms with Gasteiger partial charge in [0.1, 0.15) is 0 Å². The van der Waals surface area contributed by atoms with Gasteiger partial charge in [0, 0.05) is 13.2 Å². The fraction of sp³-hybridized carbons (Fsp3) is 0.650. The summed E-state index contributed by atoms with van der Waals surface area (Å²) in [6.07, 6.45) is 0.542. The van der Waals surface area contributed by atoms with Gasteiger partial charge >= 0.3 is 0 Å². The first-order chi connectivity index (χ1) is 11.9. The summed E-state index contributed by atoms with van der Waals surface area (Å²) < 4.78 is 11.4. The molecule has 0 fully saturated rings. The van der Waals surface area contributed by atoms with Crippen molar-refractivity contribution in [3.63, 3.8) is 0 Å². The molecule has 0 aromatic heterocycles. The Labute approximate surface area is 159 Å². The second-order valence-electron chi connectivity index (χ2n) is 7.81. The lowest BCUT2D eigenvalue weighted by molar-refractivity contribution is -0.123. The van der Waals surface area contributed by atoms with Crippen molar-refractivity contribution in [3.05, 3.63) is 35.9 Å². The Kier molecular flexibility index (Phi) is 11.7. The van der Waals surface area contributed by atoms with Crippen molar-refractivity contribution < 1.29 is 14.3 Å². The lowest BCUT2D eigenvalue weighted by Crippen LogP contribution is -2.45. The van der Waals surface area contributed by atoms with Crippen LogP contribution in [0.4, 0.5) is 0 Å². The molecule has 26 heavy (non-hydrogen) atoms. The maximum atomic E-state index is 12.1. The highest BCUT2D eigenvalue weighted by Gasteiger charge is 2.25. The van der Waals surface area contributed by atoms with Crippen molar-refractivity contribution >= 4 is 13.4 Å². The fourth-order valence-corrected chi connectivity index (χ4v) is 2.93. The summed E-state index contributed by atoms with van der Waals surface area (Å²) in [5, 5.41) is 5.40. The number of carbonyl (C=O) groups excluding carboxylic acids is 1. The largest absolute Gasteiger partial charge is 0.354 e. The highest BCUT2D eigenvalue weighted by Crippen LogP contribution is 2.31. The number of nitrogens with one attached hydrogen (secondary N) is 2. The van der Waals surface area contributed by atoms with E-state index < -0.39 is 13.6 Å². The van der Waals surface area contributed by atoms with E-state index in [0.717, 1.165) is 0 Å². The maximum absolute atomic E-state index is 12.1. The minimum atomic E-state index is -3.41. The zero-order chi connectivity index (χ0) is 20.3. The lowest BCUT2D eigenvalue weighted by Gasteiger charge is -2.23. The molecule has 0 aliphatic rings. The Balaban J connectivity index is 0.000000735. The summed E-state index contributed by atoms with van der Waals surface area (Å²) in [6.45, 7) is 14.1. The molecule has 0 bridgehead atoms. The maximum Gasteiger partial charge on any atom is 0.264 e. The molecule has 1 amide bonds. The van der Waals surface area contributed by atoms with Gasteiger partial charge in [-0.05, 0) is 31.1 Å². The normalized spacial score (nSPS) is 15.6. The van der Waals surface area contributed by atoms with Gasteiger partial charge in [-0.15, -0.1) is 0 Å². The number of rotatable bonds is 8. The summed E-state index contributed by atoms with van der Waals surface area (Å²) in [6, 6.07) is 9.65. The molecule has 3 N–H and O–H groups in total. The van der Waals surface area contributed by atoms with Crippen LogP contribution in [0.1, 0.15) is 46.6 Å². The monoisotopic (exact) mass is 384 g/mol. The number of benzene rings is 1. The van der Waals surface area contributed by atoms with E-state index in [1.165, 1.54) is 12.2 Å². The second kappa shape index (κ2) is 12.3. The molecular formula is C20H37N2O3P. The number of amides is 1. The molecule has 0 spiro atoms. The van der Waals surface area contributed by atoms with Gasteiger partial charge in [-0.2, -0.15) is 0 Å². The molecule has 1 unspecified atom stereocenters. The Morgan fingerprint density at radius 3 is 2.00 bits per heavy atom. The third-order valence-electron chi connectivity index (χ3n) is 4.10. The third kappa shape index (κ3) is 13.1. The van der Waals surface area contributed by atoms with Gasteiger partial charge < -0.3 is 10.2 Å². The molecule has 0 saturated carbocycles. The van der Waals surface area contributed by atoms with Gasteiger partial charge in [0.25, 0.3) is 7.52 Å². The van der Waals surface area contributed by atoms with Crippen LogP contribution in [-0.4, -0.2) is 30.1 Å². The molecule has 0 aliphatic heterocycles. The molecule has 1 rings (SSSR count). The van der Waals surface area contributed by atoms with Crippen LogP contribution < -0.4 is 10.4 Å². The van der Waals surface area contributed by atoms with Gasteiger partial charge in [0.15, 0.2) is 0 Å². The summed E-state index contributed by atoms with van der Waals surface area (Å²) in [5.74, 6) is 0.952. The molecular weight excluding hydrogens is 347 g/mol. The molecule has 1 aromatic carbocycles. The molecule has 0 radical (unpaired) electrons. The van der Waals surface area contributed by atoms with Crippen LogP contribution >= 0.6 is 7.52 Å². The van der Waals surface area contributed by atoms with E-state index in [4.69, 9.17) is 0 Å². The first-order valence-corrected chi connectivity index (χ1v) is 11.4. The summed E-state index contributed by atoms with van der Waals surface area (Å²) in [4.78, 5) is 21.5. The van der Waals surface area contributed by atoms with Crippen molar-refractivity contribution in [2.75, 3.05) is 13.2 Å². The summed E-state index contributed by atoms with van der Waals surface area (Å²) >= 11 is 0. The van der Waals surface area contributed by atoms with Gasteiger partial charge in [0.2, 0.25) is 5.91 Å². The molecule has 0 heterocycles. The highest BCUT2D eigenvalue weighted by atomic mass is 31.2. The van der Waals surface area contributed by atoms with Crippen molar-refractivity contribution in [2.24, 2.45) is 17.8 Å². The number of carbonyl (C=O) groups is 1. The first-order valence-electron chi connectivity index (χ1n) is 9.29. The fourth-order valence-electron chi connectivity index (χ4n) is 2.13. The Bertz CT molecular complexity index is 555. The van der Waals surface area contributed by atoms with Gasteiger partial charge in [0.05, 0.1) is 6.04 Å². The second-order valence-corrected chi connectivity index (χ2v) is 9.83. The minimum absolute atomic E-state index is 0.197. The predicted molar refractivity (Wildman–Crippen MR) is 110 cm³/mol. The van der Waals surface area contributed by atoms with Crippen LogP contribution in [0.5, 0.6) is 0 Å². The van der Waals surface area contributed by atoms with E-state index >= 15 is 0 Å². The van der Waals surface area contributed by atoms with E-state index in [0.29, 0.717) is 24.8 Å². The van der Waals surface area contributed by atoms with E-state index in [9.17, 15) is 14.3 Å². The van der Waals surface area contributed by atoms with Crippen molar-refractivity contribution in [3.8, 4) is 0 Å². The zero-order valence-corrected chi connectivity index (χ0v) is 18.2. The van der Waals surface area contributed by atoms with Gasteiger partial charge in [-0.1, -0.05) is 70.5 Å². The van der Waals surface area contributed by atoms with E-state index in [-0.39, 0.29) is 11.8 Å². The van der Waals surface area contributed by atoms with Crippen molar-refractivity contribution in [1.29, 1.82) is 0 Å². The van der Waals surface area contributed by atoms with Crippen LogP contribution in [0.15, 0.2) is 30.3 Å². The van der Waals surface area contributed by atoms with E-state index in [1.54, 1.807) is 0 Å². The van der Waals surface area contributed by atoms with Crippen LogP contribution in [0.25, 0.3) is 0 Å². The molecule has 5 nitrogen and oxygen atoms in total. The quantitative estimate of drug-likeness (QED) is 0.587. The SMILES string of the molecule is CC(C)C[C@H](NP(C)(=O)O)C(=O)NC[C@@H](C)C(C)C.Cc1ccccc1. The number of hydrogen-bond donors (Lipinski definition) is 3. The number of aryl methyl sites for hydroxylation is 1. The minimum Gasteiger partial charge on any atom is -0.354 e. The van der Waals surface area contributed by atoms with Crippen LogP contribution in [0, 0.1) is 24.7 Å². The molecule has 0 saturated heterocycles. The van der Waals surface area contributed by atoms with Crippen molar-refractivity contribution in [2.45, 2.75) is 54.0 Å². The third-order valence-corrected chi connectivity index (χ3v) is 4.89. The topological polar surface area (TPSA) is 78.4 Å². The zero-order valence-electron chi connectivity index (χ0n) is 17.3. The smallest absolute Gasteiger partial charge is 0.264 e. The average Bonchev–Trinajstić information content (AvgIpc) is 2.51.